The first-order chi connectivity index (χ1) is 12.5. The highest BCUT2D eigenvalue weighted by atomic mass is 35.5. The van der Waals surface area contributed by atoms with Crippen LogP contribution in [0.15, 0.2) is 10.6 Å². The van der Waals surface area contributed by atoms with Crippen molar-refractivity contribution in [1.82, 2.24) is 20.4 Å². The van der Waals surface area contributed by atoms with Crippen LogP contribution in [0.5, 0.6) is 0 Å². The van der Waals surface area contributed by atoms with Crippen LogP contribution in [-0.2, 0) is 4.79 Å². The molecular formula is C18H26ClN5O3. The van der Waals surface area contributed by atoms with Gasteiger partial charge in [0.1, 0.15) is 0 Å². The highest BCUT2D eigenvalue weighted by Crippen LogP contribution is 2.26. The van der Waals surface area contributed by atoms with E-state index in [0.29, 0.717) is 54.1 Å². The molecule has 148 valence electrons. The third-order valence-electron chi connectivity index (χ3n) is 4.77. The molecule has 0 radical (unpaired) electrons. The van der Waals surface area contributed by atoms with Gasteiger partial charge in [-0.3, -0.25) is 9.59 Å². The number of fused-ring (bicyclic) bond motifs is 1. The summed E-state index contributed by atoms with van der Waals surface area (Å²) >= 11 is 0. The predicted molar refractivity (Wildman–Crippen MR) is 104 cm³/mol. The molecule has 27 heavy (non-hydrogen) atoms. The zero-order valence-corrected chi connectivity index (χ0v) is 16.5. The summed E-state index contributed by atoms with van der Waals surface area (Å²) in [6.07, 6.45) is 3.16. The van der Waals surface area contributed by atoms with Crippen LogP contribution in [0.3, 0.4) is 0 Å². The van der Waals surface area contributed by atoms with E-state index in [4.69, 9.17) is 10.3 Å². The van der Waals surface area contributed by atoms with Crippen LogP contribution in [-0.4, -0.2) is 52.5 Å². The number of nitrogens with zero attached hydrogens (tertiary/aromatic N) is 3. The Hall–Kier alpha value is -2.19. The summed E-state index contributed by atoms with van der Waals surface area (Å²) in [5.74, 6) is -0.146. The van der Waals surface area contributed by atoms with Gasteiger partial charge >= 0.3 is 0 Å². The van der Waals surface area contributed by atoms with Gasteiger partial charge in [-0.15, -0.1) is 12.4 Å². The molecule has 0 aromatic carbocycles. The fraction of sp³-hybridized carbons (Fsp3) is 0.556. The smallest absolute Gasteiger partial charge is 0.258 e. The second kappa shape index (κ2) is 9.14. The Kier molecular flexibility index (Phi) is 7.15. The Morgan fingerprint density at radius 3 is 2.89 bits per heavy atom. The SMILES string of the molecule is Cc1cc(C(=O)N2CCCCC2CNC(=O)CCN)c2c(C)noc2n1.Cl. The minimum Gasteiger partial charge on any atom is -0.354 e. The summed E-state index contributed by atoms with van der Waals surface area (Å²) in [7, 11) is 0. The molecule has 3 N–H and O–H groups in total. The average molecular weight is 396 g/mol. The number of aromatic nitrogens is 2. The number of aryl methyl sites for hydroxylation is 2. The Morgan fingerprint density at radius 2 is 2.15 bits per heavy atom. The van der Waals surface area contributed by atoms with Crippen molar-refractivity contribution >= 4 is 35.3 Å². The van der Waals surface area contributed by atoms with Gasteiger partial charge < -0.3 is 20.5 Å². The molecule has 2 amide bonds. The standard InChI is InChI=1S/C18H25N5O3.ClH/c1-11-9-14(16-12(2)22-26-17(16)21-11)18(25)23-8-4-3-5-13(23)10-20-15(24)6-7-19;/h9,13H,3-8,10,19H2,1-2H3,(H,20,24);1H. The molecule has 2 aromatic heterocycles. The zero-order valence-electron chi connectivity index (χ0n) is 15.7. The van der Waals surface area contributed by atoms with Crippen LogP contribution < -0.4 is 11.1 Å². The number of hydrogen-bond donors (Lipinski definition) is 2. The Balaban J connectivity index is 0.00000261. The Bertz CT molecular complexity index is 823. The Morgan fingerprint density at radius 1 is 1.37 bits per heavy atom. The lowest BCUT2D eigenvalue weighted by Crippen LogP contribution is -2.49. The average Bonchev–Trinajstić information content (AvgIpc) is 3.00. The number of amides is 2. The van der Waals surface area contributed by atoms with Gasteiger partial charge in [0.15, 0.2) is 0 Å². The van der Waals surface area contributed by atoms with Crippen molar-refractivity contribution in [3.63, 3.8) is 0 Å². The fourth-order valence-electron chi connectivity index (χ4n) is 3.47. The minimum absolute atomic E-state index is 0. The lowest BCUT2D eigenvalue weighted by Gasteiger charge is -2.36. The molecule has 0 saturated carbocycles. The highest BCUT2D eigenvalue weighted by molar-refractivity contribution is 6.06. The topological polar surface area (TPSA) is 114 Å². The van der Waals surface area contributed by atoms with E-state index in [1.165, 1.54) is 0 Å². The first-order valence-corrected chi connectivity index (χ1v) is 9.02. The maximum atomic E-state index is 13.3. The number of nitrogens with two attached hydrogens (primary N) is 1. The van der Waals surface area contributed by atoms with Gasteiger partial charge in [0.25, 0.3) is 11.6 Å². The van der Waals surface area contributed by atoms with Crippen LogP contribution >= 0.6 is 12.4 Å². The molecule has 0 aliphatic carbocycles. The molecule has 1 unspecified atom stereocenters. The van der Waals surface area contributed by atoms with Crippen molar-refractivity contribution in [1.29, 1.82) is 0 Å². The number of nitrogens with one attached hydrogen (secondary N) is 1. The van der Waals surface area contributed by atoms with Crippen molar-refractivity contribution in [3.8, 4) is 0 Å². The van der Waals surface area contributed by atoms with Crippen LogP contribution in [0.4, 0.5) is 0 Å². The zero-order chi connectivity index (χ0) is 18.7. The minimum atomic E-state index is -0.0810. The van der Waals surface area contributed by atoms with Gasteiger partial charge in [-0.2, -0.15) is 0 Å². The van der Waals surface area contributed by atoms with E-state index in [-0.39, 0.29) is 30.3 Å². The van der Waals surface area contributed by atoms with E-state index in [1.807, 2.05) is 11.8 Å². The van der Waals surface area contributed by atoms with Crippen LogP contribution in [0.25, 0.3) is 11.1 Å². The highest BCUT2D eigenvalue weighted by Gasteiger charge is 2.30. The first kappa shape index (κ1) is 21.1. The third-order valence-corrected chi connectivity index (χ3v) is 4.77. The monoisotopic (exact) mass is 395 g/mol. The van der Waals surface area contributed by atoms with Gasteiger partial charge in [-0.25, -0.2) is 4.98 Å². The van der Waals surface area contributed by atoms with Crippen LogP contribution in [0.2, 0.25) is 0 Å². The van der Waals surface area contributed by atoms with E-state index in [9.17, 15) is 9.59 Å². The van der Waals surface area contributed by atoms with Crippen molar-refractivity contribution in [2.75, 3.05) is 19.6 Å². The summed E-state index contributed by atoms with van der Waals surface area (Å²) in [6.45, 7) is 5.07. The maximum Gasteiger partial charge on any atom is 0.258 e. The van der Waals surface area contributed by atoms with E-state index in [2.05, 4.69) is 15.5 Å². The molecule has 9 heteroatoms. The van der Waals surface area contributed by atoms with E-state index in [0.717, 1.165) is 19.3 Å². The molecule has 1 aliphatic rings. The number of halogens is 1. The summed E-state index contributed by atoms with van der Waals surface area (Å²) in [4.78, 5) is 31.2. The summed E-state index contributed by atoms with van der Waals surface area (Å²) < 4.78 is 5.24. The summed E-state index contributed by atoms with van der Waals surface area (Å²) in [5, 5.41) is 7.50. The Labute approximate surface area is 164 Å². The molecule has 8 nitrogen and oxygen atoms in total. The number of piperidine rings is 1. The number of rotatable bonds is 5. The van der Waals surface area contributed by atoms with Crippen molar-refractivity contribution in [3.05, 3.63) is 23.0 Å². The number of carbonyl (C=O) groups is 2. The number of carbonyl (C=O) groups excluding carboxylic acids is 2. The molecule has 3 rings (SSSR count). The molecule has 3 heterocycles. The van der Waals surface area contributed by atoms with E-state index < -0.39 is 0 Å². The van der Waals surface area contributed by atoms with Gasteiger partial charge in [-0.1, -0.05) is 5.16 Å². The predicted octanol–water partition coefficient (Wildman–Crippen LogP) is 1.72. The second-order valence-corrected chi connectivity index (χ2v) is 6.75. The first-order valence-electron chi connectivity index (χ1n) is 9.02. The van der Waals surface area contributed by atoms with Crippen molar-refractivity contribution < 1.29 is 14.1 Å². The normalized spacial score (nSPS) is 16.9. The molecule has 0 bridgehead atoms. The molecule has 2 aromatic rings. The molecular weight excluding hydrogens is 370 g/mol. The van der Waals surface area contributed by atoms with Gasteiger partial charge in [0.2, 0.25) is 5.91 Å². The lowest BCUT2D eigenvalue weighted by molar-refractivity contribution is -0.121. The third kappa shape index (κ3) is 4.56. The molecule has 1 fully saturated rings. The largest absolute Gasteiger partial charge is 0.354 e. The van der Waals surface area contributed by atoms with Crippen LogP contribution in [0, 0.1) is 13.8 Å². The van der Waals surface area contributed by atoms with Gasteiger partial charge in [0.05, 0.1) is 16.6 Å². The van der Waals surface area contributed by atoms with E-state index in [1.54, 1.807) is 13.0 Å². The quantitative estimate of drug-likeness (QED) is 0.796. The van der Waals surface area contributed by atoms with Crippen molar-refractivity contribution in [2.24, 2.45) is 5.73 Å². The number of hydrogen-bond acceptors (Lipinski definition) is 6. The molecule has 1 aliphatic heterocycles. The lowest BCUT2D eigenvalue weighted by atomic mass is 9.99. The molecule has 0 spiro atoms. The van der Waals surface area contributed by atoms with Gasteiger partial charge in [0, 0.05) is 37.8 Å². The van der Waals surface area contributed by atoms with E-state index >= 15 is 0 Å². The second-order valence-electron chi connectivity index (χ2n) is 6.75. The fourth-order valence-corrected chi connectivity index (χ4v) is 3.47. The van der Waals surface area contributed by atoms with Crippen LogP contribution in [0.1, 0.15) is 47.4 Å². The molecule has 1 atom stereocenters. The summed E-state index contributed by atoms with van der Waals surface area (Å²) in [5.41, 5.74) is 7.72. The maximum absolute atomic E-state index is 13.3. The number of likely N-dealkylation sites (tertiary alicyclic amines) is 1. The van der Waals surface area contributed by atoms with Crippen molar-refractivity contribution in [2.45, 2.75) is 45.6 Å². The summed E-state index contributed by atoms with van der Waals surface area (Å²) in [6, 6.07) is 1.76. The molecule has 1 saturated heterocycles. The number of pyridine rings is 1. The van der Waals surface area contributed by atoms with Gasteiger partial charge in [-0.05, 0) is 39.2 Å².